The van der Waals surface area contributed by atoms with E-state index < -0.39 is 0 Å². The van der Waals surface area contributed by atoms with Crippen LogP contribution < -0.4 is 5.32 Å². The molecule has 1 heterocycles. The van der Waals surface area contributed by atoms with E-state index in [0.29, 0.717) is 19.0 Å². The van der Waals surface area contributed by atoms with Crippen molar-refractivity contribution >= 4 is 5.91 Å². The number of aromatic nitrogens is 3. The van der Waals surface area contributed by atoms with Crippen molar-refractivity contribution in [1.82, 2.24) is 20.5 Å². The van der Waals surface area contributed by atoms with Gasteiger partial charge in [-0.2, -0.15) is 0 Å². The van der Waals surface area contributed by atoms with Crippen molar-refractivity contribution in [2.75, 3.05) is 20.3 Å². The lowest BCUT2D eigenvalue weighted by Crippen LogP contribution is -2.35. The molecule has 96 valence electrons. The van der Waals surface area contributed by atoms with Crippen LogP contribution in [0.4, 0.5) is 0 Å². The molecule has 6 heteroatoms. The van der Waals surface area contributed by atoms with Crippen molar-refractivity contribution in [2.45, 2.75) is 27.2 Å². The summed E-state index contributed by atoms with van der Waals surface area (Å²) in [5.41, 5.74) is -0.00295. The molecule has 0 radical (unpaired) electrons. The highest BCUT2D eigenvalue weighted by molar-refractivity contribution is 5.90. The summed E-state index contributed by atoms with van der Waals surface area (Å²) in [6, 6.07) is 0. The minimum Gasteiger partial charge on any atom is -0.385 e. The average molecular weight is 240 g/mol. The van der Waals surface area contributed by atoms with Crippen LogP contribution in [0.1, 0.15) is 36.7 Å². The van der Waals surface area contributed by atoms with Crippen LogP contribution >= 0.6 is 0 Å². The van der Waals surface area contributed by atoms with E-state index in [-0.39, 0.29) is 17.1 Å². The molecule has 0 fully saturated rings. The number of hydrogen-bond donors (Lipinski definition) is 2. The highest BCUT2D eigenvalue weighted by Gasteiger charge is 2.20. The predicted octanol–water partition coefficient (Wildman–Crippen LogP) is 0.906. The molecule has 0 spiro atoms. The van der Waals surface area contributed by atoms with Crippen LogP contribution in [-0.2, 0) is 4.74 Å². The Labute approximate surface area is 101 Å². The second-order valence-corrected chi connectivity index (χ2v) is 4.83. The monoisotopic (exact) mass is 240 g/mol. The maximum absolute atomic E-state index is 11.7. The summed E-state index contributed by atoms with van der Waals surface area (Å²) in [7, 11) is 1.67. The third-order valence-corrected chi connectivity index (χ3v) is 2.51. The lowest BCUT2D eigenvalue weighted by molar-refractivity contribution is 0.0911. The van der Waals surface area contributed by atoms with Gasteiger partial charge >= 0.3 is 0 Å². The van der Waals surface area contributed by atoms with Gasteiger partial charge in [0.2, 0.25) is 5.82 Å². The van der Waals surface area contributed by atoms with Gasteiger partial charge in [0.15, 0.2) is 0 Å². The Hall–Kier alpha value is -1.43. The van der Waals surface area contributed by atoms with Crippen LogP contribution in [0.2, 0.25) is 0 Å². The molecule has 0 atom stereocenters. The minimum atomic E-state index is -0.250. The fraction of sp³-hybridized carbons (Fsp3) is 0.727. The molecule has 17 heavy (non-hydrogen) atoms. The van der Waals surface area contributed by atoms with Gasteiger partial charge in [-0.05, 0) is 18.8 Å². The second-order valence-electron chi connectivity index (χ2n) is 4.83. The quantitative estimate of drug-likeness (QED) is 0.774. The SMILES string of the molecule is COCCC(C)(C)CNC(=O)c1n[nH]c(C)n1. The fourth-order valence-corrected chi connectivity index (χ4v) is 1.31. The third kappa shape index (κ3) is 4.52. The van der Waals surface area contributed by atoms with Crippen LogP contribution in [0.15, 0.2) is 0 Å². The van der Waals surface area contributed by atoms with E-state index in [1.165, 1.54) is 0 Å². The molecule has 1 aromatic rings. The number of hydrogen-bond acceptors (Lipinski definition) is 4. The highest BCUT2D eigenvalue weighted by atomic mass is 16.5. The molecule has 0 aliphatic rings. The topological polar surface area (TPSA) is 79.9 Å². The number of amides is 1. The number of ether oxygens (including phenoxy) is 1. The fourth-order valence-electron chi connectivity index (χ4n) is 1.31. The summed E-state index contributed by atoms with van der Waals surface area (Å²) in [5.74, 6) is 0.568. The molecule has 0 saturated carbocycles. The van der Waals surface area contributed by atoms with Crippen molar-refractivity contribution in [3.63, 3.8) is 0 Å². The first-order valence-electron chi connectivity index (χ1n) is 5.61. The Morgan fingerprint density at radius 3 is 2.76 bits per heavy atom. The Morgan fingerprint density at radius 2 is 2.24 bits per heavy atom. The van der Waals surface area contributed by atoms with Crippen molar-refractivity contribution in [3.05, 3.63) is 11.6 Å². The molecule has 1 amide bonds. The molecule has 1 aromatic heterocycles. The number of aryl methyl sites for hydroxylation is 1. The molecule has 0 saturated heterocycles. The van der Waals surface area contributed by atoms with Gasteiger partial charge in [0.05, 0.1) is 0 Å². The first-order chi connectivity index (χ1) is 7.94. The Morgan fingerprint density at radius 1 is 1.53 bits per heavy atom. The van der Waals surface area contributed by atoms with Gasteiger partial charge in [-0.25, -0.2) is 4.98 Å². The minimum absolute atomic E-state index is 0.00295. The second kappa shape index (κ2) is 5.77. The zero-order chi connectivity index (χ0) is 12.9. The number of carbonyl (C=O) groups is 1. The van der Waals surface area contributed by atoms with Crippen molar-refractivity contribution in [2.24, 2.45) is 5.41 Å². The summed E-state index contributed by atoms with van der Waals surface area (Å²) >= 11 is 0. The first kappa shape index (κ1) is 13.6. The van der Waals surface area contributed by atoms with E-state index in [0.717, 1.165) is 6.42 Å². The van der Waals surface area contributed by atoms with Crippen LogP contribution in [0, 0.1) is 12.3 Å². The predicted molar refractivity (Wildman–Crippen MR) is 63.7 cm³/mol. The van der Waals surface area contributed by atoms with Crippen molar-refractivity contribution in [3.8, 4) is 0 Å². The summed E-state index contributed by atoms with van der Waals surface area (Å²) in [4.78, 5) is 15.7. The number of methoxy groups -OCH3 is 1. The number of H-pyrrole nitrogens is 1. The van der Waals surface area contributed by atoms with Crippen LogP contribution in [0.25, 0.3) is 0 Å². The molecule has 0 aromatic carbocycles. The zero-order valence-electron chi connectivity index (χ0n) is 10.8. The summed E-state index contributed by atoms with van der Waals surface area (Å²) < 4.78 is 5.03. The maximum atomic E-state index is 11.7. The standard InChI is InChI=1S/C11H20N4O2/c1-8-13-9(15-14-8)10(16)12-7-11(2,3)5-6-17-4/h5-7H2,1-4H3,(H,12,16)(H,13,14,15). The van der Waals surface area contributed by atoms with Crippen LogP contribution in [0.5, 0.6) is 0 Å². The van der Waals surface area contributed by atoms with E-state index in [1.54, 1.807) is 14.0 Å². The lowest BCUT2D eigenvalue weighted by Gasteiger charge is -2.24. The normalized spacial score (nSPS) is 11.5. The van der Waals surface area contributed by atoms with Gasteiger partial charge in [-0.1, -0.05) is 13.8 Å². The molecule has 1 rings (SSSR count). The van der Waals surface area contributed by atoms with E-state index in [9.17, 15) is 4.79 Å². The molecule has 2 N–H and O–H groups in total. The average Bonchev–Trinajstić information content (AvgIpc) is 2.70. The number of rotatable bonds is 6. The van der Waals surface area contributed by atoms with E-state index >= 15 is 0 Å². The number of nitrogens with one attached hydrogen (secondary N) is 2. The summed E-state index contributed by atoms with van der Waals surface area (Å²) in [6.07, 6.45) is 0.886. The number of nitrogens with zero attached hydrogens (tertiary/aromatic N) is 2. The lowest BCUT2D eigenvalue weighted by atomic mass is 9.90. The summed E-state index contributed by atoms with van der Waals surface area (Å²) in [6.45, 7) is 7.17. The molecule has 0 bridgehead atoms. The van der Waals surface area contributed by atoms with Crippen molar-refractivity contribution < 1.29 is 9.53 Å². The van der Waals surface area contributed by atoms with Crippen molar-refractivity contribution in [1.29, 1.82) is 0 Å². The number of carbonyl (C=O) groups excluding carboxylic acids is 1. The van der Waals surface area contributed by atoms with Gasteiger partial charge < -0.3 is 10.1 Å². The Balaban J connectivity index is 2.42. The van der Waals surface area contributed by atoms with E-state index in [2.05, 4.69) is 34.3 Å². The first-order valence-corrected chi connectivity index (χ1v) is 5.61. The highest BCUT2D eigenvalue weighted by Crippen LogP contribution is 2.18. The third-order valence-electron chi connectivity index (χ3n) is 2.51. The van der Waals surface area contributed by atoms with E-state index in [4.69, 9.17) is 4.74 Å². The van der Waals surface area contributed by atoms with Gasteiger partial charge in [-0.3, -0.25) is 9.89 Å². The molecule has 0 aliphatic heterocycles. The Bertz CT molecular complexity index is 373. The zero-order valence-corrected chi connectivity index (χ0v) is 10.8. The van der Waals surface area contributed by atoms with Gasteiger partial charge in [0.25, 0.3) is 5.91 Å². The van der Waals surface area contributed by atoms with Gasteiger partial charge in [0, 0.05) is 20.3 Å². The van der Waals surface area contributed by atoms with Crippen LogP contribution in [-0.4, -0.2) is 41.3 Å². The maximum Gasteiger partial charge on any atom is 0.290 e. The van der Waals surface area contributed by atoms with E-state index in [1.807, 2.05) is 0 Å². The molecular formula is C11H20N4O2. The van der Waals surface area contributed by atoms with Gasteiger partial charge in [0.1, 0.15) is 5.82 Å². The number of aromatic amines is 1. The Kier molecular flexibility index (Phi) is 4.62. The molecule has 6 nitrogen and oxygen atoms in total. The molecule has 0 aliphatic carbocycles. The molecular weight excluding hydrogens is 220 g/mol. The largest absolute Gasteiger partial charge is 0.385 e. The smallest absolute Gasteiger partial charge is 0.290 e. The molecule has 0 unspecified atom stereocenters. The van der Waals surface area contributed by atoms with Crippen LogP contribution in [0.3, 0.4) is 0 Å². The summed E-state index contributed by atoms with van der Waals surface area (Å²) in [5, 5.41) is 9.27. The van der Waals surface area contributed by atoms with Gasteiger partial charge in [-0.15, -0.1) is 5.10 Å².